The molecule has 4 rings (SSSR count). The Bertz CT molecular complexity index is 1030. The van der Waals surface area contributed by atoms with E-state index >= 15 is 0 Å². The first-order chi connectivity index (χ1) is 11.7. The number of nitrogens with zero attached hydrogens (tertiary/aromatic N) is 4. The standard InChI is InChI=1S/C16H11FN6S/c17-11-5-3-10(4-6-11)13-8-14(20-19-13)15-21-22-16(24)23(15)12-2-1-7-18-9-12/h1-9H,(H,19,20)(H,22,24). The molecule has 2 N–H and O–H groups in total. The third kappa shape index (κ3) is 2.52. The van der Waals surface area contributed by atoms with Crippen LogP contribution in [-0.4, -0.2) is 29.9 Å². The van der Waals surface area contributed by atoms with Crippen LogP contribution in [0.15, 0.2) is 54.9 Å². The van der Waals surface area contributed by atoms with Crippen molar-refractivity contribution >= 4 is 12.2 Å². The van der Waals surface area contributed by atoms with Gasteiger partial charge in [-0.2, -0.15) is 10.2 Å². The maximum atomic E-state index is 13.1. The number of halogens is 1. The number of aromatic amines is 2. The van der Waals surface area contributed by atoms with Gasteiger partial charge in [-0.05, 0) is 54.7 Å². The molecule has 118 valence electrons. The number of pyridine rings is 1. The third-order valence-electron chi connectivity index (χ3n) is 3.54. The summed E-state index contributed by atoms with van der Waals surface area (Å²) in [4.78, 5) is 4.11. The van der Waals surface area contributed by atoms with Crippen molar-refractivity contribution in [3.63, 3.8) is 0 Å². The van der Waals surface area contributed by atoms with Crippen molar-refractivity contribution in [2.75, 3.05) is 0 Å². The van der Waals surface area contributed by atoms with Crippen LogP contribution < -0.4 is 0 Å². The Morgan fingerprint density at radius 3 is 2.62 bits per heavy atom. The van der Waals surface area contributed by atoms with Crippen molar-refractivity contribution in [3.05, 3.63) is 65.4 Å². The monoisotopic (exact) mass is 338 g/mol. The molecule has 24 heavy (non-hydrogen) atoms. The maximum absolute atomic E-state index is 13.1. The summed E-state index contributed by atoms with van der Waals surface area (Å²) in [6.45, 7) is 0. The number of benzene rings is 1. The van der Waals surface area contributed by atoms with Gasteiger partial charge in [-0.1, -0.05) is 0 Å². The molecule has 0 radical (unpaired) electrons. The van der Waals surface area contributed by atoms with Gasteiger partial charge in [0.05, 0.1) is 17.6 Å². The lowest BCUT2D eigenvalue weighted by molar-refractivity contribution is 0.628. The highest BCUT2D eigenvalue weighted by Gasteiger charge is 2.14. The fourth-order valence-electron chi connectivity index (χ4n) is 2.41. The maximum Gasteiger partial charge on any atom is 0.200 e. The van der Waals surface area contributed by atoms with Crippen LogP contribution in [0.1, 0.15) is 0 Å². The minimum atomic E-state index is -0.285. The highest BCUT2D eigenvalue weighted by atomic mass is 32.1. The second-order valence-electron chi connectivity index (χ2n) is 5.07. The van der Waals surface area contributed by atoms with Crippen LogP contribution >= 0.6 is 12.2 Å². The Balaban J connectivity index is 1.79. The molecule has 3 aromatic heterocycles. The van der Waals surface area contributed by atoms with E-state index in [0.717, 1.165) is 11.3 Å². The summed E-state index contributed by atoms with van der Waals surface area (Å²) >= 11 is 5.31. The van der Waals surface area contributed by atoms with Crippen LogP contribution in [-0.2, 0) is 0 Å². The molecule has 6 nitrogen and oxygen atoms in total. The lowest BCUT2D eigenvalue weighted by Gasteiger charge is -2.03. The third-order valence-corrected chi connectivity index (χ3v) is 3.81. The predicted octanol–water partition coefficient (Wildman–Crippen LogP) is 3.52. The zero-order chi connectivity index (χ0) is 16.5. The first-order valence-electron chi connectivity index (χ1n) is 7.12. The normalized spacial score (nSPS) is 10.9. The molecule has 4 aromatic rings. The van der Waals surface area contributed by atoms with Gasteiger partial charge in [0.15, 0.2) is 10.6 Å². The molecule has 1 aromatic carbocycles. The summed E-state index contributed by atoms with van der Waals surface area (Å²) < 4.78 is 15.3. The van der Waals surface area contributed by atoms with Gasteiger partial charge < -0.3 is 0 Å². The highest BCUT2D eigenvalue weighted by molar-refractivity contribution is 7.71. The number of rotatable bonds is 3. The van der Waals surface area contributed by atoms with Crippen LogP contribution in [0.2, 0.25) is 0 Å². The summed E-state index contributed by atoms with van der Waals surface area (Å²) in [6, 6.07) is 11.7. The number of hydrogen-bond donors (Lipinski definition) is 2. The first-order valence-corrected chi connectivity index (χ1v) is 7.53. The second-order valence-corrected chi connectivity index (χ2v) is 5.46. The fraction of sp³-hybridized carbons (Fsp3) is 0. The molecule has 0 saturated heterocycles. The molecular weight excluding hydrogens is 327 g/mol. The van der Waals surface area contributed by atoms with Crippen LogP contribution in [0.5, 0.6) is 0 Å². The summed E-state index contributed by atoms with van der Waals surface area (Å²) in [6.07, 6.45) is 3.39. The van der Waals surface area contributed by atoms with Crippen molar-refractivity contribution in [2.45, 2.75) is 0 Å². The molecule has 0 aliphatic rings. The average molecular weight is 338 g/mol. The Morgan fingerprint density at radius 2 is 1.88 bits per heavy atom. The lowest BCUT2D eigenvalue weighted by Crippen LogP contribution is -1.98. The van der Waals surface area contributed by atoms with Crippen molar-refractivity contribution < 1.29 is 4.39 Å². The predicted molar refractivity (Wildman–Crippen MR) is 89.5 cm³/mol. The largest absolute Gasteiger partial charge is 0.274 e. The van der Waals surface area contributed by atoms with Crippen LogP contribution in [0.25, 0.3) is 28.5 Å². The van der Waals surface area contributed by atoms with E-state index in [1.807, 2.05) is 18.2 Å². The smallest absolute Gasteiger partial charge is 0.200 e. The second kappa shape index (κ2) is 5.82. The highest BCUT2D eigenvalue weighted by Crippen LogP contribution is 2.24. The zero-order valence-electron chi connectivity index (χ0n) is 12.3. The molecule has 0 atom stereocenters. The lowest BCUT2D eigenvalue weighted by atomic mass is 10.1. The van der Waals surface area contributed by atoms with E-state index < -0.39 is 0 Å². The molecule has 0 amide bonds. The summed E-state index contributed by atoms with van der Waals surface area (Å²) in [5.41, 5.74) is 2.98. The van der Waals surface area contributed by atoms with E-state index in [9.17, 15) is 4.39 Å². The van der Waals surface area contributed by atoms with Gasteiger partial charge >= 0.3 is 0 Å². The van der Waals surface area contributed by atoms with E-state index in [1.165, 1.54) is 12.1 Å². The molecule has 0 spiro atoms. The van der Waals surface area contributed by atoms with E-state index in [2.05, 4.69) is 25.4 Å². The van der Waals surface area contributed by atoms with Crippen LogP contribution in [0, 0.1) is 10.6 Å². The number of hydrogen-bond acceptors (Lipinski definition) is 4. The molecule has 3 heterocycles. The van der Waals surface area contributed by atoms with Gasteiger partial charge in [0, 0.05) is 11.8 Å². The fourth-order valence-corrected chi connectivity index (χ4v) is 2.65. The van der Waals surface area contributed by atoms with Gasteiger partial charge in [0.1, 0.15) is 11.5 Å². The molecular formula is C16H11FN6S. The molecule has 8 heteroatoms. The Hall–Kier alpha value is -3.13. The van der Waals surface area contributed by atoms with Crippen molar-refractivity contribution in [1.82, 2.24) is 29.9 Å². The minimum Gasteiger partial charge on any atom is -0.274 e. The van der Waals surface area contributed by atoms with E-state index in [1.54, 1.807) is 29.1 Å². The zero-order valence-corrected chi connectivity index (χ0v) is 13.1. The van der Waals surface area contributed by atoms with Crippen molar-refractivity contribution in [2.24, 2.45) is 0 Å². The Labute approximate surface area is 141 Å². The van der Waals surface area contributed by atoms with Gasteiger partial charge in [-0.25, -0.2) is 4.39 Å². The first kappa shape index (κ1) is 14.5. The molecule has 0 saturated carbocycles. The molecule has 0 aliphatic carbocycles. The van der Waals surface area contributed by atoms with Crippen molar-refractivity contribution in [3.8, 4) is 28.5 Å². The van der Waals surface area contributed by atoms with E-state index in [0.29, 0.717) is 22.0 Å². The van der Waals surface area contributed by atoms with E-state index in [-0.39, 0.29) is 5.82 Å². The average Bonchev–Trinajstić information content (AvgIpc) is 3.23. The minimum absolute atomic E-state index is 0.285. The van der Waals surface area contributed by atoms with Gasteiger partial charge in [-0.15, -0.1) is 0 Å². The number of aromatic nitrogens is 6. The van der Waals surface area contributed by atoms with Gasteiger partial charge in [0.25, 0.3) is 0 Å². The Kier molecular flexibility index (Phi) is 3.51. The summed E-state index contributed by atoms with van der Waals surface area (Å²) in [7, 11) is 0. The molecule has 0 unspecified atom stereocenters. The quantitative estimate of drug-likeness (QED) is 0.561. The topological polar surface area (TPSA) is 75.2 Å². The van der Waals surface area contributed by atoms with Crippen LogP contribution in [0.4, 0.5) is 4.39 Å². The molecule has 0 bridgehead atoms. The van der Waals surface area contributed by atoms with Crippen LogP contribution in [0.3, 0.4) is 0 Å². The SMILES string of the molecule is Fc1ccc(-c2cc(-c3n[nH]c(=S)n3-c3cccnc3)[nH]n2)cc1. The number of H-pyrrole nitrogens is 2. The van der Waals surface area contributed by atoms with Gasteiger partial charge in [0.2, 0.25) is 0 Å². The molecule has 0 fully saturated rings. The number of nitrogens with one attached hydrogen (secondary N) is 2. The van der Waals surface area contributed by atoms with E-state index in [4.69, 9.17) is 12.2 Å². The van der Waals surface area contributed by atoms with Crippen molar-refractivity contribution in [1.29, 1.82) is 0 Å². The Morgan fingerprint density at radius 1 is 1.04 bits per heavy atom. The van der Waals surface area contributed by atoms with Gasteiger partial charge in [-0.3, -0.25) is 19.7 Å². The molecule has 0 aliphatic heterocycles. The summed E-state index contributed by atoms with van der Waals surface area (Å²) in [5, 5.41) is 14.3. The summed E-state index contributed by atoms with van der Waals surface area (Å²) in [5.74, 6) is 0.306.